The largest absolute Gasteiger partial charge is 0.385 e. The fraction of sp³-hybridized carbons (Fsp3) is 0.263. The minimum atomic E-state index is -1.20. The molecule has 2 aromatic carbocycles. The first kappa shape index (κ1) is 16.2. The number of fused-ring (bicyclic) bond motifs is 1. The third kappa shape index (κ3) is 2.57. The fourth-order valence-corrected chi connectivity index (χ4v) is 3.22. The number of para-hydroxylation sites is 1. The Labute approximate surface area is 140 Å². The quantitative estimate of drug-likeness (QED) is 0.723. The Kier molecular flexibility index (Phi) is 4.11. The van der Waals surface area contributed by atoms with Gasteiger partial charge in [-0.05, 0) is 31.0 Å². The molecule has 1 aromatic heterocycles. The lowest BCUT2D eigenvalue weighted by atomic mass is 9.80. The van der Waals surface area contributed by atoms with Gasteiger partial charge in [0.25, 0.3) is 5.56 Å². The Morgan fingerprint density at radius 2 is 1.79 bits per heavy atom. The first-order valence-corrected chi connectivity index (χ1v) is 8.01. The van der Waals surface area contributed by atoms with Crippen molar-refractivity contribution in [2.75, 3.05) is 5.84 Å². The van der Waals surface area contributed by atoms with E-state index in [1.54, 1.807) is 25.1 Å². The van der Waals surface area contributed by atoms with E-state index in [0.717, 1.165) is 10.2 Å². The Morgan fingerprint density at radius 3 is 2.46 bits per heavy atom. The number of hydrogen-bond acceptors (Lipinski definition) is 4. The van der Waals surface area contributed by atoms with Gasteiger partial charge >= 0.3 is 0 Å². The average Bonchev–Trinajstić information content (AvgIpc) is 2.60. The maximum Gasteiger partial charge on any atom is 0.279 e. The summed E-state index contributed by atoms with van der Waals surface area (Å²) in [6.45, 7) is 3.68. The molecule has 0 spiro atoms. The molecule has 3 rings (SSSR count). The molecule has 0 radical (unpaired) electrons. The van der Waals surface area contributed by atoms with Gasteiger partial charge in [0, 0.05) is 0 Å². The van der Waals surface area contributed by atoms with Gasteiger partial charge in [-0.25, -0.2) is 9.66 Å². The number of nitrogens with zero attached hydrogens (tertiary/aromatic N) is 2. The van der Waals surface area contributed by atoms with Crippen LogP contribution in [0.4, 0.5) is 0 Å². The van der Waals surface area contributed by atoms with Crippen molar-refractivity contribution in [1.82, 2.24) is 9.66 Å². The predicted octanol–water partition coefficient (Wildman–Crippen LogP) is 2.51. The predicted molar refractivity (Wildman–Crippen MR) is 95.2 cm³/mol. The zero-order chi connectivity index (χ0) is 17.3. The van der Waals surface area contributed by atoms with Crippen molar-refractivity contribution in [1.29, 1.82) is 0 Å². The standard InChI is InChI=1S/C19H21N3O2/c1-3-15(19(2,24)13-9-5-4-6-10-13)17-21-16-12-8-7-11-14(16)18(23)22(17)20/h4-12,15,24H,3,20H2,1-2H3. The zero-order valence-corrected chi connectivity index (χ0v) is 13.8. The van der Waals surface area contributed by atoms with Crippen LogP contribution in [0.2, 0.25) is 0 Å². The minimum absolute atomic E-state index is 0.307. The molecular formula is C19H21N3O2. The van der Waals surface area contributed by atoms with E-state index in [2.05, 4.69) is 4.98 Å². The molecule has 0 saturated carbocycles. The maximum absolute atomic E-state index is 12.5. The number of nitrogens with two attached hydrogens (primary N) is 1. The van der Waals surface area contributed by atoms with Crippen LogP contribution in [0.5, 0.6) is 0 Å². The number of nitrogen functional groups attached to an aromatic ring is 1. The van der Waals surface area contributed by atoms with Gasteiger partial charge in [0.2, 0.25) is 0 Å². The summed E-state index contributed by atoms with van der Waals surface area (Å²) >= 11 is 0. The highest BCUT2D eigenvalue weighted by Crippen LogP contribution is 2.37. The number of hydrogen-bond donors (Lipinski definition) is 2. The van der Waals surface area contributed by atoms with Crippen LogP contribution in [0, 0.1) is 0 Å². The number of aliphatic hydroxyl groups is 1. The molecule has 0 aliphatic heterocycles. The number of rotatable bonds is 4. The van der Waals surface area contributed by atoms with E-state index >= 15 is 0 Å². The molecule has 1 heterocycles. The summed E-state index contributed by atoms with van der Waals surface area (Å²) in [4.78, 5) is 17.1. The summed E-state index contributed by atoms with van der Waals surface area (Å²) in [7, 11) is 0. The summed E-state index contributed by atoms with van der Waals surface area (Å²) in [6, 6.07) is 16.5. The molecule has 2 atom stereocenters. The molecule has 3 aromatic rings. The second-order valence-electron chi connectivity index (χ2n) is 6.14. The van der Waals surface area contributed by atoms with Crippen LogP contribution < -0.4 is 11.4 Å². The van der Waals surface area contributed by atoms with Crippen LogP contribution in [-0.4, -0.2) is 14.8 Å². The van der Waals surface area contributed by atoms with Crippen molar-refractivity contribution < 1.29 is 5.11 Å². The molecule has 0 bridgehead atoms. The van der Waals surface area contributed by atoms with E-state index in [-0.39, 0.29) is 5.56 Å². The maximum atomic E-state index is 12.5. The summed E-state index contributed by atoms with van der Waals surface area (Å²) in [5, 5.41) is 11.6. The first-order chi connectivity index (χ1) is 11.5. The van der Waals surface area contributed by atoms with E-state index in [1.807, 2.05) is 43.3 Å². The minimum Gasteiger partial charge on any atom is -0.385 e. The van der Waals surface area contributed by atoms with E-state index < -0.39 is 11.5 Å². The molecule has 3 N–H and O–H groups in total. The molecule has 5 heteroatoms. The topological polar surface area (TPSA) is 81.1 Å². The number of aromatic nitrogens is 2. The summed E-state index contributed by atoms with van der Waals surface area (Å²) < 4.78 is 1.06. The monoisotopic (exact) mass is 323 g/mol. The Balaban J connectivity index is 2.20. The van der Waals surface area contributed by atoms with Crippen LogP contribution in [0.1, 0.15) is 37.6 Å². The van der Waals surface area contributed by atoms with Crippen LogP contribution in [0.15, 0.2) is 59.4 Å². The highest BCUT2D eigenvalue weighted by atomic mass is 16.3. The second kappa shape index (κ2) is 6.09. The molecule has 0 aliphatic carbocycles. The van der Waals surface area contributed by atoms with E-state index in [0.29, 0.717) is 23.1 Å². The van der Waals surface area contributed by atoms with Crippen LogP contribution >= 0.6 is 0 Å². The smallest absolute Gasteiger partial charge is 0.279 e. The second-order valence-corrected chi connectivity index (χ2v) is 6.14. The van der Waals surface area contributed by atoms with E-state index in [9.17, 15) is 9.90 Å². The van der Waals surface area contributed by atoms with Gasteiger partial charge in [0.05, 0.1) is 22.4 Å². The lowest BCUT2D eigenvalue weighted by Crippen LogP contribution is -2.39. The van der Waals surface area contributed by atoms with Crippen molar-refractivity contribution in [3.8, 4) is 0 Å². The van der Waals surface area contributed by atoms with Crippen LogP contribution in [0.3, 0.4) is 0 Å². The lowest BCUT2D eigenvalue weighted by molar-refractivity contribution is 0.0210. The molecule has 0 fully saturated rings. The van der Waals surface area contributed by atoms with Crippen molar-refractivity contribution in [2.45, 2.75) is 31.8 Å². The SMILES string of the molecule is CCC(c1nc2ccccc2c(=O)n1N)C(C)(O)c1ccccc1. The molecule has 24 heavy (non-hydrogen) atoms. The normalized spacial score (nSPS) is 15.1. The van der Waals surface area contributed by atoms with E-state index in [1.165, 1.54) is 0 Å². The number of benzene rings is 2. The highest BCUT2D eigenvalue weighted by molar-refractivity contribution is 5.77. The molecule has 124 valence electrons. The van der Waals surface area contributed by atoms with Gasteiger partial charge < -0.3 is 10.9 Å². The van der Waals surface area contributed by atoms with Crippen molar-refractivity contribution in [2.24, 2.45) is 0 Å². The van der Waals surface area contributed by atoms with Crippen molar-refractivity contribution in [3.63, 3.8) is 0 Å². The zero-order valence-electron chi connectivity index (χ0n) is 13.8. The van der Waals surface area contributed by atoms with Gasteiger partial charge in [-0.1, -0.05) is 49.4 Å². The Hall–Kier alpha value is -2.66. The first-order valence-electron chi connectivity index (χ1n) is 8.01. The summed E-state index contributed by atoms with van der Waals surface area (Å²) in [5.74, 6) is 6.00. The van der Waals surface area contributed by atoms with Crippen LogP contribution in [0.25, 0.3) is 10.9 Å². The summed E-state index contributed by atoms with van der Waals surface area (Å²) in [6.07, 6.45) is 0.587. The third-order valence-corrected chi connectivity index (χ3v) is 4.59. The third-order valence-electron chi connectivity index (χ3n) is 4.59. The van der Waals surface area contributed by atoms with Gasteiger partial charge in [-0.3, -0.25) is 4.79 Å². The molecule has 2 unspecified atom stereocenters. The van der Waals surface area contributed by atoms with Gasteiger partial charge in [0.15, 0.2) is 0 Å². The van der Waals surface area contributed by atoms with Gasteiger partial charge in [0.1, 0.15) is 5.82 Å². The highest BCUT2D eigenvalue weighted by Gasteiger charge is 2.36. The Morgan fingerprint density at radius 1 is 1.17 bits per heavy atom. The molecule has 5 nitrogen and oxygen atoms in total. The van der Waals surface area contributed by atoms with Gasteiger partial charge in [-0.2, -0.15) is 0 Å². The van der Waals surface area contributed by atoms with E-state index in [4.69, 9.17) is 5.84 Å². The fourth-order valence-electron chi connectivity index (χ4n) is 3.22. The van der Waals surface area contributed by atoms with Gasteiger partial charge in [-0.15, -0.1) is 0 Å². The Bertz CT molecular complexity index is 917. The molecule has 0 saturated heterocycles. The molecule has 0 aliphatic rings. The van der Waals surface area contributed by atoms with Crippen molar-refractivity contribution in [3.05, 3.63) is 76.3 Å². The lowest BCUT2D eigenvalue weighted by Gasteiger charge is -2.33. The molecular weight excluding hydrogens is 302 g/mol. The summed E-state index contributed by atoms with van der Waals surface area (Å²) in [5.41, 5.74) is -0.155. The average molecular weight is 323 g/mol. The van der Waals surface area contributed by atoms with Crippen LogP contribution in [-0.2, 0) is 5.60 Å². The van der Waals surface area contributed by atoms with Crippen molar-refractivity contribution >= 4 is 10.9 Å². The molecule has 0 amide bonds.